The van der Waals surface area contributed by atoms with Gasteiger partial charge in [-0.1, -0.05) is 55.1 Å². The van der Waals surface area contributed by atoms with E-state index in [1.807, 2.05) is 59.3 Å². The van der Waals surface area contributed by atoms with Crippen LogP contribution < -0.4 is 5.32 Å². The SMILES string of the molecule is CCCn1c(SCC(=O)Nc2sc(C)c(-c3ccccc3)c2C(=O)OC)nnc1-c1cccs1. The average Bonchev–Trinajstić information content (AvgIpc) is 3.57. The minimum absolute atomic E-state index is 0.143. The Kier molecular flexibility index (Phi) is 7.81. The first kappa shape index (κ1) is 24.2. The van der Waals surface area contributed by atoms with E-state index in [4.69, 9.17) is 4.74 Å². The fraction of sp³-hybridized carbons (Fsp3) is 0.250. The zero-order valence-electron chi connectivity index (χ0n) is 19.0. The first-order chi connectivity index (χ1) is 16.5. The van der Waals surface area contributed by atoms with Crippen LogP contribution in [-0.4, -0.2) is 39.5 Å². The number of aromatic nitrogens is 3. The van der Waals surface area contributed by atoms with E-state index in [1.54, 1.807) is 11.3 Å². The average molecular weight is 513 g/mol. The van der Waals surface area contributed by atoms with Crippen molar-refractivity contribution < 1.29 is 14.3 Å². The van der Waals surface area contributed by atoms with Gasteiger partial charge in [0, 0.05) is 17.0 Å². The minimum Gasteiger partial charge on any atom is -0.465 e. The summed E-state index contributed by atoms with van der Waals surface area (Å²) in [6.45, 7) is 4.79. The van der Waals surface area contributed by atoms with Gasteiger partial charge in [0.2, 0.25) is 5.91 Å². The molecule has 0 saturated carbocycles. The summed E-state index contributed by atoms with van der Waals surface area (Å²) in [5.74, 6) is 0.258. The van der Waals surface area contributed by atoms with Gasteiger partial charge in [-0.15, -0.1) is 32.9 Å². The van der Waals surface area contributed by atoms with E-state index in [2.05, 4.69) is 22.4 Å². The molecule has 3 heterocycles. The standard InChI is InChI=1S/C24H24N4O3S3/c1-4-12-28-21(17-11-8-13-32-17)26-27-24(28)33-14-18(29)25-22-20(23(30)31-3)19(15(2)34-22)16-9-6-5-7-10-16/h5-11,13H,4,12,14H2,1-3H3,(H,25,29). The van der Waals surface area contributed by atoms with E-state index in [9.17, 15) is 9.59 Å². The third kappa shape index (κ3) is 5.08. The summed E-state index contributed by atoms with van der Waals surface area (Å²) in [6, 6.07) is 13.6. The predicted octanol–water partition coefficient (Wildman–Crippen LogP) is 5.97. The molecule has 0 bridgehead atoms. The predicted molar refractivity (Wildman–Crippen MR) is 139 cm³/mol. The lowest BCUT2D eigenvalue weighted by Crippen LogP contribution is -2.16. The van der Waals surface area contributed by atoms with Crippen LogP contribution in [0.15, 0.2) is 53.0 Å². The monoisotopic (exact) mass is 512 g/mol. The maximum Gasteiger partial charge on any atom is 0.341 e. The summed E-state index contributed by atoms with van der Waals surface area (Å²) < 4.78 is 7.08. The molecule has 0 unspecified atom stereocenters. The lowest BCUT2D eigenvalue weighted by atomic mass is 10.0. The Bertz CT molecular complexity index is 1280. The number of amides is 1. The van der Waals surface area contributed by atoms with Gasteiger partial charge in [-0.3, -0.25) is 4.79 Å². The minimum atomic E-state index is -0.477. The molecule has 0 spiro atoms. The fourth-order valence-corrected chi connectivity index (χ4v) is 6.15. The van der Waals surface area contributed by atoms with Crippen LogP contribution >= 0.6 is 34.4 Å². The summed E-state index contributed by atoms with van der Waals surface area (Å²) in [5.41, 5.74) is 2.06. The molecule has 4 aromatic rings. The summed E-state index contributed by atoms with van der Waals surface area (Å²) in [7, 11) is 1.34. The number of anilines is 1. The van der Waals surface area contributed by atoms with Gasteiger partial charge in [-0.05, 0) is 30.4 Å². The summed E-state index contributed by atoms with van der Waals surface area (Å²) in [6.07, 6.45) is 0.926. The van der Waals surface area contributed by atoms with Crippen molar-refractivity contribution in [2.24, 2.45) is 0 Å². The molecular weight excluding hydrogens is 488 g/mol. The van der Waals surface area contributed by atoms with Gasteiger partial charge < -0.3 is 14.6 Å². The maximum absolute atomic E-state index is 12.9. The number of methoxy groups -OCH3 is 1. The van der Waals surface area contributed by atoms with E-state index in [0.717, 1.165) is 39.7 Å². The molecule has 0 atom stereocenters. The van der Waals surface area contributed by atoms with Crippen molar-refractivity contribution in [3.05, 3.63) is 58.3 Å². The zero-order chi connectivity index (χ0) is 24.1. The molecule has 0 aliphatic rings. The molecule has 3 aromatic heterocycles. The van der Waals surface area contributed by atoms with E-state index >= 15 is 0 Å². The number of thiophene rings is 2. The van der Waals surface area contributed by atoms with Crippen molar-refractivity contribution in [3.63, 3.8) is 0 Å². The molecule has 0 fully saturated rings. The number of aryl methyl sites for hydroxylation is 1. The van der Waals surface area contributed by atoms with E-state index in [-0.39, 0.29) is 11.7 Å². The van der Waals surface area contributed by atoms with Crippen molar-refractivity contribution in [2.45, 2.75) is 32.0 Å². The van der Waals surface area contributed by atoms with Crippen molar-refractivity contribution >= 4 is 51.3 Å². The van der Waals surface area contributed by atoms with Crippen LogP contribution in [0.1, 0.15) is 28.6 Å². The Labute approximate surface area is 210 Å². The lowest BCUT2D eigenvalue weighted by Gasteiger charge is -2.09. The Morgan fingerprint density at radius 1 is 1.15 bits per heavy atom. The normalized spacial score (nSPS) is 10.9. The third-order valence-electron chi connectivity index (χ3n) is 5.03. The van der Waals surface area contributed by atoms with Gasteiger partial charge in [0.15, 0.2) is 11.0 Å². The van der Waals surface area contributed by atoms with Gasteiger partial charge in [0.25, 0.3) is 0 Å². The molecule has 7 nitrogen and oxygen atoms in total. The van der Waals surface area contributed by atoms with Crippen LogP contribution in [0, 0.1) is 6.92 Å². The first-order valence-corrected chi connectivity index (χ1v) is 13.4. The molecule has 10 heteroatoms. The molecule has 0 aliphatic carbocycles. The van der Waals surface area contributed by atoms with E-state index < -0.39 is 5.97 Å². The number of esters is 1. The van der Waals surface area contributed by atoms with Crippen LogP contribution in [0.3, 0.4) is 0 Å². The summed E-state index contributed by atoms with van der Waals surface area (Å²) in [4.78, 5) is 27.5. The number of hydrogen-bond acceptors (Lipinski definition) is 8. The largest absolute Gasteiger partial charge is 0.465 e. The highest BCUT2D eigenvalue weighted by molar-refractivity contribution is 7.99. The molecule has 0 aliphatic heterocycles. The van der Waals surface area contributed by atoms with Crippen LogP contribution in [0.25, 0.3) is 21.8 Å². The molecule has 0 saturated heterocycles. The molecule has 1 aromatic carbocycles. The number of ether oxygens (including phenoxy) is 1. The smallest absolute Gasteiger partial charge is 0.341 e. The van der Waals surface area contributed by atoms with Crippen LogP contribution in [0.5, 0.6) is 0 Å². The number of benzene rings is 1. The second-order valence-electron chi connectivity index (χ2n) is 7.37. The van der Waals surface area contributed by atoms with Gasteiger partial charge in [0.05, 0.1) is 17.7 Å². The Morgan fingerprint density at radius 3 is 2.62 bits per heavy atom. The third-order valence-corrected chi connectivity index (χ3v) is 7.88. The van der Waals surface area contributed by atoms with Gasteiger partial charge in [-0.2, -0.15) is 0 Å². The van der Waals surface area contributed by atoms with Gasteiger partial charge >= 0.3 is 5.97 Å². The quantitative estimate of drug-likeness (QED) is 0.220. The maximum atomic E-state index is 12.9. The molecule has 0 radical (unpaired) electrons. The fourth-order valence-electron chi connectivity index (χ4n) is 3.58. The topological polar surface area (TPSA) is 86.1 Å². The number of hydrogen-bond donors (Lipinski definition) is 1. The van der Waals surface area contributed by atoms with Crippen molar-refractivity contribution in [1.82, 2.24) is 14.8 Å². The summed E-state index contributed by atoms with van der Waals surface area (Å²) in [5, 5.41) is 14.8. The molecule has 1 N–H and O–H groups in total. The zero-order valence-corrected chi connectivity index (χ0v) is 21.5. The molecule has 34 heavy (non-hydrogen) atoms. The molecule has 176 valence electrons. The van der Waals surface area contributed by atoms with Gasteiger partial charge in [0.1, 0.15) is 10.6 Å². The molecule has 1 amide bonds. The number of thioether (sulfide) groups is 1. The van der Waals surface area contributed by atoms with Crippen molar-refractivity contribution in [3.8, 4) is 21.8 Å². The highest BCUT2D eigenvalue weighted by Crippen LogP contribution is 2.40. The van der Waals surface area contributed by atoms with Crippen LogP contribution in [-0.2, 0) is 16.1 Å². The Hall–Kier alpha value is -2.95. The highest BCUT2D eigenvalue weighted by atomic mass is 32.2. The lowest BCUT2D eigenvalue weighted by molar-refractivity contribution is -0.113. The van der Waals surface area contributed by atoms with E-state index in [0.29, 0.717) is 15.7 Å². The number of nitrogens with one attached hydrogen (secondary N) is 1. The van der Waals surface area contributed by atoms with E-state index in [1.165, 1.54) is 30.2 Å². The highest BCUT2D eigenvalue weighted by Gasteiger charge is 2.25. The first-order valence-electron chi connectivity index (χ1n) is 10.7. The second-order valence-corrected chi connectivity index (χ2v) is 10.5. The number of rotatable bonds is 9. The molecule has 4 rings (SSSR count). The number of carbonyl (C=O) groups is 2. The Balaban J connectivity index is 1.54. The summed E-state index contributed by atoms with van der Waals surface area (Å²) >= 11 is 4.31. The Morgan fingerprint density at radius 2 is 1.94 bits per heavy atom. The second kappa shape index (κ2) is 11.0. The molecular formula is C24H24N4O3S3. The van der Waals surface area contributed by atoms with Crippen molar-refractivity contribution in [1.29, 1.82) is 0 Å². The van der Waals surface area contributed by atoms with Crippen LogP contribution in [0.2, 0.25) is 0 Å². The van der Waals surface area contributed by atoms with Gasteiger partial charge in [-0.25, -0.2) is 4.79 Å². The number of nitrogens with zero attached hydrogens (tertiary/aromatic N) is 3. The van der Waals surface area contributed by atoms with Crippen molar-refractivity contribution in [2.75, 3.05) is 18.2 Å². The number of carbonyl (C=O) groups excluding carboxylic acids is 2. The van der Waals surface area contributed by atoms with Crippen LogP contribution in [0.4, 0.5) is 5.00 Å².